The first-order chi connectivity index (χ1) is 14.1. The Morgan fingerprint density at radius 2 is 2.00 bits per heavy atom. The third-order valence-corrected chi connectivity index (χ3v) is 5.98. The molecule has 2 aromatic carbocycles. The van der Waals surface area contributed by atoms with E-state index < -0.39 is 0 Å². The fraction of sp³-hybridized carbons (Fsp3) is 0.227. The van der Waals surface area contributed by atoms with Gasteiger partial charge < -0.3 is 4.57 Å². The molecular formula is C22H22Cl2N4OS. The molecular weight excluding hydrogens is 439 g/mol. The number of halogens is 2. The molecule has 0 radical (unpaired) electrons. The fourth-order valence-electron chi connectivity index (χ4n) is 3.16. The van der Waals surface area contributed by atoms with Gasteiger partial charge in [0.15, 0.2) is 5.13 Å². The number of hydrogen-bond donors (Lipinski definition) is 0. The summed E-state index contributed by atoms with van der Waals surface area (Å²) >= 11 is 7.53. The molecule has 0 fully saturated rings. The van der Waals surface area contributed by atoms with Gasteiger partial charge in [-0.05, 0) is 48.7 Å². The van der Waals surface area contributed by atoms with Crippen LogP contribution < -0.4 is 4.90 Å². The van der Waals surface area contributed by atoms with Gasteiger partial charge in [0, 0.05) is 30.5 Å². The second-order valence-corrected chi connectivity index (χ2v) is 8.42. The van der Waals surface area contributed by atoms with E-state index in [2.05, 4.69) is 18.0 Å². The van der Waals surface area contributed by atoms with Crippen molar-refractivity contribution in [1.82, 2.24) is 14.5 Å². The summed E-state index contributed by atoms with van der Waals surface area (Å²) in [5.74, 6) is 0.0359. The van der Waals surface area contributed by atoms with Gasteiger partial charge >= 0.3 is 0 Å². The van der Waals surface area contributed by atoms with E-state index in [9.17, 15) is 4.79 Å². The molecule has 156 valence electrons. The fourth-order valence-corrected chi connectivity index (χ4v) is 4.40. The Bertz CT molecular complexity index is 1110. The van der Waals surface area contributed by atoms with Crippen LogP contribution in [0.1, 0.15) is 17.5 Å². The quantitative estimate of drug-likeness (QED) is 0.363. The molecule has 0 atom stereocenters. The molecule has 4 rings (SSSR count). The third-order valence-electron chi connectivity index (χ3n) is 4.69. The van der Waals surface area contributed by atoms with Crippen LogP contribution in [-0.2, 0) is 17.8 Å². The zero-order valence-electron chi connectivity index (χ0n) is 16.5. The lowest BCUT2D eigenvalue weighted by atomic mass is 10.1. The lowest BCUT2D eigenvalue weighted by molar-refractivity contribution is -0.118. The first kappa shape index (κ1) is 22.3. The van der Waals surface area contributed by atoms with Gasteiger partial charge in [0.05, 0.1) is 23.0 Å². The lowest BCUT2D eigenvalue weighted by Gasteiger charge is -2.20. The maximum atomic E-state index is 13.2. The minimum atomic E-state index is 0. The van der Waals surface area contributed by atoms with Crippen molar-refractivity contribution < 1.29 is 4.79 Å². The van der Waals surface area contributed by atoms with Crippen LogP contribution in [0.2, 0.25) is 5.02 Å². The number of anilines is 1. The highest BCUT2D eigenvalue weighted by Gasteiger charge is 2.20. The number of imidazole rings is 1. The number of amides is 1. The highest BCUT2D eigenvalue weighted by Crippen LogP contribution is 2.30. The van der Waals surface area contributed by atoms with Crippen LogP contribution in [0.25, 0.3) is 10.2 Å². The predicted molar refractivity (Wildman–Crippen MR) is 126 cm³/mol. The number of aryl methyl sites for hydroxylation is 2. The van der Waals surface area contributed by atoms with Gasteiger partial charge in [0.2, 0.25) is 5.91 Å². The zero-order valence-corrected chi connectivity index (χ0v) is 18.9. The number of carbonyl (C=O) groups excluding carboxylic acids is 1. The molecule has 0 spiro atoms. The van der Waals surface area contributed by atoms with Gasteiger partial charge in [-0.25, -0.2) is 9.97 Å². The molecule has 5 nitrogen and oxygen atoms in total. The summed E-state index contributed by atoms with van der Waals surface area (Å²) in [6, 6.07) is 13.6. The normalized spacial score (nSPS) is 10.7. The number of fused-ring (bicyclic) bond motifs is 1. The van der Waals surface area contributed by atoms with Crippen LogP contribution in [0.5, 0.6) is 0 Å². The number of nitrogens with zero attached hydrogens (tertiary/aromatic N) is 4. The average molecular weight is 461 g/mol. The van der Waals surface area contributed by atoms with Gasteiger partial charge in [0.25, 0.3) is 0 Å². The molecule has 8 heteroatoms. The molecule has 0 aliphatic carbocycles. The van der Waals surface area contributed by atoms with Crippen molar-refractivity contribution in [2.75, 3.05) is 11.4 Å². The molecule has 2 aromatic heterocycles. The summed E-state index contributed by atoms with van der Waals surface area (Å²) in [5, 5.41) is 1.41. The van der Waals surface area contributed by atoms with Crippen LogP contribution in [0.4, 0.5) is 5.13 Å². The van der Waals surface area contributed by atoms with E-state index in [1.807, 2.05) is 52.1 Å². The van der Waals surface area contributed by atoms with Gasteiger partial charge in [-0.3, -0.25) is 9.69 Å². The molecule has 0 saturated carbocycles. The minimum Gasteiger partial charge on any atom is -0.337 e. The van der Waals surface area contributed by atoms with Crippen LogP contribution in [0.3, 0.4) is 0 Å². The standard InChI is InChI=1S/C22H21ClN4OS.ClH/c1-16-3-8-19-20(13-16)29-22(25-19)27(11-2-10-26-12-9-24-15-26)21(28)14-17-4-6-18(23)7-5-17;/h3-9,12-13,15H,2,10-11,14H2,1H3;1H. The maximum Gasteiger partial charge on any atom is 0.233 e. The summed E-state index contributed by atoms with van der Waals surface area (Å²) < 4.78 is 3.11. The highest BCUT2D eigenvalue weighted by atomic mass is 35.5. The molecule has 0 N–H and O–H groups in total. The van der Waals surface area contributed by atoms with Crippen LogP contribution in [-0.4, -0.2) is 27.0 Å². The summed E-state index contributed by atoms with van der Waals surface area (Å²) in [7, 11) is 0. The van der Waals surface area contributed by atoms with Crippen LogP contribution in [0.15, 0.2) is 61.2 Å². The summed E-state index contributed by atoms with van der Waals surface area (Å²) in [6.45, 7) is 3.46. The van der Waals surface area contributed by atoms with Crippen molar-refractivity contribution in [3.05, 3.63) is 77.3 Å². The Morgan fingerprint density at radius 1 is 1.20 bits per heavy atom. The van der Waals surface area contributed by atoms with Gasteiger partial charge in [-0.15, -0.1) is 12.4 Å². The summed E-state index contributed by atoms with van der Waals surface area (Å²) in [4.78, 5) is 23.8. The van der Waals surface area contributed by atoms with E-state index in [0.717, 1.165) is 33.9 Å². The predicted octanol–water partition coefficient (Wildman–Crippen LogP) is 5.54. The number of thiazole rings is 1. The number of carbonyl (C=O) groups is 1. The molecule has 2 heterocycles. The second-order valence-electron chi connectivity index (χ2n) is 6.97. The SMILES string of the molecule is Cc1ccc2nc(N(CCCn3ccnc3)C(=O)Cc3ccc(Cl)cc3)sc2c1.Cl. The highest BCUT2D eigenvalue weighted by molar-refractivity contribution is 7.22. The Hall–Kier alpha value is -2.41. The minimum absolute atomic E-state index is 0. The van der Waals surface area contributed by atoms with E-state index in [1.54, 1.807) is 23.9 Å². The zero-order chi connectivity index (χ0) is 20.2. The Kier molecular flexibility index (Phi) is 7.48. The van der Waals surface area contributed by atoms with Crippen LogP contribution >= 0.6 is 35.3 Å². The number of aromatic nitrogens is 3. The van der Waals surface area contributed by atoms with E-state index in [4.69, 9.17) is 16.6 Å². The van der Waals surface area contributed by atoms with Crippen molar-refractivity contribution in [2.24, 2.45) is 0 Å². The van der Waals surface area contributed by atoms with Gasteiger partial charge in [0.1, 0.15) is 0 Å². The van der Waals surface area contributed by atoms with Crippen molar-refractivity contribution in [1.29, 1.82) is 0 Å². The first-order valence-corrected chi connectivity index (χ1v) is 10.7. The topological polar surface area (TPSA) is 51.0 Å². The Balaban J connectivity index is 0.00000256. The van der Waals surface area contributed by atoms with Crippen molar-refractivity contribution in [2.45, 2.75) is 26.3 Å². The maximum absolute atomic E-state index is 13.2. The molecule has 0 bridgehead atoms. The lowest BCUT2D eigenvalue weighted by Crippen LogP contribution is -2.33. The Labute approximate surface area is 190 Å². The average Bonchev–Trinajstić information content (AvgIpc) is 3.36. The first-order valence-electron chi connectivity index (χ1n) is 9.46. The van der Waals surface area contributed by atoms with Gasteiger partial charge in [-0.2, -0.15) is 0 Å². The number of hydrogen-bond acceptors (Lipinski definition) is 4. The van der Waals surface area contributed by atoms with Crippen molar-refractivity contribution in [3.63, 3.8) is 0 Å². The van der Waals surface area contributed by atoms with E-state index in [0.29, 0.717) is 18.0 Å². The molecule has 0 saturated heterocycles. The summed E-state index contributed by atoms with van der Waals surface area (Å²) in [5.41, 5.74) is 3.05. The summed E-state index contributed by atoms with van der Waals surface area (Å²) in [6.07, 6.45) is 6.62. The van der Waals surface area contributed by atoms with E-state index >= 15 is 0 Å². The molecule has 0 aliphatic rings. The van der Waals surface area contributed by atoms with Crippen molar-refractivity contribution in [3.8, 4) is 0 Å². The molecule has 0 unspecified atom stereocenters. The molecule has 30 heavy (non-hydrogen) atoms. The van der Waals surface area contributed by atoms with E-state index in [-0.39, 0.29) is 18.3 Å². The molecule has 0 aliphatic heterocycles. The number of benzene rings is 2. The molecule has 4 aromatic rings. The van der Waals surface area contributed by atoms with Crippen LogP contribution in [0, 0.1) is 6.92 Å². The van der Waals surface area contributed by atoms with Gasteiger partial charge in [-0.1, -0.05) is 41.1 Å². The largest absolute Gasteiger partial charge is 0.337 e. The third kappa shape index (κ3) is 5.39. The van der Waals surface area contributed by atoms with Crippen molar-refractivity contribution >= 4 is 56.6 Å². The molecule has 1 amide bonds. The van der Waals surface area contributed by atoms with E-state index in [1.165, 1.54) is 5.56 Å². The monoisotopic (exact) mass is 460 g/mol. The smallest absolute Gasteiger partial charge is 0.233 e. The second kappa shape index (κ2) is 10.1. The number of rotatable bonds is 7. The Morgan fingerprint density at radius 3 is 2.73 bits per heavy atom.